The van der Waals surface area contributed by atoms with E-state index in [-0.39, 0.29) is 54.7 Å². The van der Waals surface area contributed by atoms with Gasteiger partial charge in [-0.25, -0.2) is 22.9 Å². The molecule has 1 aliphatic rings. The molecule has 0 radical (unpaired) electrons. The highest BCUT2D eigenvalue weighted by Crippen LogP contribution is 2.28. The Balaban J connectivity index is 1.56. The zero-order chi connectivity index (χ0) is 27.7. The number of carboxylic acid groups (broad SMARTS) is 1. The summed E-state index contributed by atoms with van der Waals surface area (Å²) in [4.78, 5) is 35.9. The monoisotopic (exact) mass is 537 g/mol. The fourth-order valence-corrected chi connectivity index (χ4v) is 4.45. The van der Waals surface area contributed by atoms with Crippen LogP contribution in [0.5, 0.6) is 0 Å². The molecule has 200 valence electrons. The molecule has 0 amide bonds. The summed E-state index contributed by atoms with van der Waals surface area (Å²) in [5, 5.41) is 13.3. The highest BCUT2D eigenvalue weighted by atomic mass is 19.1. The van der Waals surface area contributed by atoms with E-state index in [1.165, 1.54) is 0 Å². The van der Waals surface area contributed by atoms with Gasteiger partial charge in [0.05, 0.1) is 23.3 Å². The molecule has 0 bridgehead atoms. The number of anilines is 1. The molecule has 1 fully saturated rings. The van der Waals surface area contributed by atoms with Gasteiger partial charge in [0.25, 0.3) is 0 Å². The van der Waals surface area contributed by atoms with E-state index < -0.39 is 34.4 Å². The van der Waals surface area contributed by atoms with Crippen molar-refractivity contribution in [2.24, 2.45) is 16.8 Å². The number of nitrogens with two attached hydrogens (primary N) is 1. The van der Waals surface area contributed by atoms with Crippen molar-refractivity contribution in [2.45, 2.75) is 6.61 Å². The van der Waals surface area contributed by atoms with Crippen LogP contribution in [0.15, 0.2) is 70.7 Å². The van der Waals surface area contributed by atoms with Crippen molar-refractivity contribution in [1.82, 2.24) is 9.55 Å². The number of aromatic carboxylic acids is 1. The molecule has 1 aliphatic heterocycles. The number of aromatic nitrogens is 2. The van der Waals surface area contributed by atoms with E-state index in [4.69, 9.17) is 10.6 Å². The number of pyridine rings is 2. The highest BCUT2D eigenvalue weighted by molar-refractivity contribution is 5.95. The van der Waals surface area contributed by atoms with Crippen LogP contribution in [0, 0.1) is 23.4 Å². The molecule has 1 atom stereocenters. The van der Waals surface area contributed by atoms with Gasteiger partial charge in [0.15, 0.2) is 17.3 Å². The Morgan fingerprint density at radius 2 is 1.90 bits per heavy atom. The Morgan fingerprint density at radius 3 is 2.59 bits per heavy atom. The van der Waals surface area contributed by atoms with E-state index in [1.807, 2.05) is 30.3 Å². The minimum atomic E-state index is -1.59. The first-order valence-corrected chi connectivity index (χ1v) is 11.9. The Labute approximate surface area is 219 Å². The summed E-state index contributed by atoms with van der Waals surface area (Å²) < 4.78 is 44.6. The first-order chi connectivity index (χ1) is 18.8. The fraction of sp³-hybridized carbons (Fsp3) is 0.185. The Hall–Kier alpha value is -4.71. The lowest BCUT2D eigenvalue weighted by atomic mass is 10.1. The summed E-state index contributed by atoms with van der Waals surface area (Å²) >= 11 is 0. The molecule has 9 nitrogen and oxygen atoms in total. The molecule has 4 aromatic rings. The number of benzene rings is 2. The lowest BCUT2D eigenvalue weighted by molar-refractivity contribution is 0.0695. The van der Waals surface area contributed by atoms with Gasteiger partial charge in [0, 0.05) is 31.3 Å². The summed E-state index contributed by atoms with van der Waals surface area (Å²) in [7, 11) is 0. The molecule has 12 heteroatoms. The number of carboxylic acids is 1. The fourth-order valence-electron chi connectivity index (χ4n) is 4.45. The quantitative estimate of drug-likeness (QED) is 0.346. The zero-order valence-electron chi connectivity index (χ0n) is 20.4. The van der Waals surface area contributed by atoms with Crippen molar-refractivity contribution in [1.29, 1.82) is 0 Å². The molecule has 3 N–H and O–H groups in total. The first-order valence-electron chi connectivity index (χ1n) is 11.9. The van der Waals surface area contributed by atoms with Crippen LogP contribution in [0.1, 0.15) is 15.9 Å². The van der Waals surface area contributed by atoms with E-state index in [9.17, 15) is 23.5 Å². The average Bonchev–Trinajstić information content (AvgIpc) is 3.32. The van der Waals surface area contributed by atoms with Crippen LogP contribution < -0.4 is 16.1 Å². The Morgan fingerprint density at radius 1 is 1.13 bits per heavy atom. The molecule has 39 heavy (non-hydrogen) atoms. The summed E-state index contributed by atoms with van der Waals surface area (Å²) in [6.07, 6.45) is 0.884. The Bertz CT molecular complexity index is 1660. The van der Waals surface area contributed by atoms with Crippen LogP contribution in [0.2, 0.25) is 0 Å². The number of carbonyl (C=O) groups is 1. The van der Waals surface area contributed by atoms with Gasteiger partial charge in [-0.2, -0.15) is 0 Å². The minimum Gasteiger partial charge on any atom is -0.477 e. The summed E-state index contributed by atoms with van der Waals surface area (Å²) in [5.74, 6) is -4.82. The van der Waals surface area contributed by atoms with Crippen LogP contribution in [0.3, 0.4) is 0 Å². The molecule has 0 spiro atoms. The molecule has 0 aliphatic carbocycles. The molecule has 3 heterocycles. The predicted molar refractivity (Wildman–Crippen MR) is 138 cm³/mol. The first kappa shape index (κ1) is 25.9. The van der Waals surface area contributed by atoms with E-state index in [0.717, 1.165) is 34.5 Å². The van der Waals surface area contributed by atoms with Gasteiger partial charge in [-0.05, 0) is 23.8 Å². The van der Waals surface area contributed by atoms with Crippen LogP contribution in [0.25, 0.3) is 16.7 Å². The standard InChI is InChI=1S/C27H22F3N5O4/c28-17-6-7-23(20(29)8-17)35-12-19(27(37)38)24(36)18-9-21(30)26(32-25(18)35)34-11-16(10-31)22(13-34)33-39-14-15-4-2-1-3-5-15/h1-9,12,16H,10-11,13-14,31H2,(H,37,38)/b33-22+. The minimum absolute atomic E-state index is 0.119. The summed E-state index contributed by atoms with van der Waals surface area (Å²) in [5.41, 5.74) is 5.20. The molecule has 2 aromatic heterocycles. The van der Waals surface area contributed by atoms with Gasteiger partial charge in [0.2, 0.25) is 5.43 Å². The van der Waals surface area contributed by atoms with Crippen molar-refractivity contribution < 1.29 is 27.9 Å². The molecule has 1 unspecified atom stereocenters. The van der Waals surface area contributed by atoms with Crippen LogP contribution >= 0.6 is 0 Å². The lowest BCUT2D eigenvalue weighted by Gasteiger charge is -2.19. The number of halogens is 3. The molecule has 5 rings (SSSR count). The van der Waals surface area contributed by atoms with Crippen molar-refractivity contribution in [2.75, 3.05) is 24.5 Å². The van der Waals surface area contributed by atoms with Crippen molar-refractivity contribution in [3.63, 3.8) is 0 Å². The maximum Gasteiger partial charge on any atom is 0.341 e. The van der Waals surface area contributed by atoms with Crippen LogP contribution in [-0.2, 0) is 11.4 Å². The molecule has 2 aromatic carbocycles. The van der Waals surface area contributed by atoms with Crippen molar-refractivity contribution in [3.8, 4) is 5.69 Å². The molecule has 1 saturated heterocycles. The van der Waals surface area contributed by atoms with Gasteiger partial charge in [-0.15, -0.1) is 0 Å². The molecular weight excluding hydrogens is 515 g/mol. The Kier molecular flexibility index (Phi) is 7.03. The van der Waals surface area contributed by atoms with E-state index in [2.05, 4.69) is 10.1 Å². The SMILES string of the molecule is NCC1CN(c2nc3c(cc2F)c(=O)c(C(=O)O)cn3-c2ccc(F)cc2F)C/C1=N\OCc1ccccc1. The van der Waals surface area contributed by atoms with Crippen molar-refractivity contribution in [3.05, 3.63) is 99.6 Å². The molecule has 0 saturated carbocycles. The number of hydrogen-bond donors (Lipinski definition) is 2. The number of nitrogens with zero attached hydrogens (tertiary/aromatic N) is 4. The normalized spacial score (nSPS) is 16.3. The van der Waals surface area contributed by atoms with E-state index in [0.29, 0.717) is 11.8 Å². The zero-order valence-corrected chi connectivity index (χ0v) is 20.4. The van der Waals surface area contributed by atoms with Gasteiger partial charge < -0.3 is 20.6 Å². The number of hydrogen-bond acceptors (Lipinski definition) is 7. The highest BCUT2D eigenvalue weighted by Gasteiger charge is 2.32. The van der Waals surface area contributed by atoms with Gasteiger partial charge >= 0.3 is 5.97 Å². The smallest absolute Gasteiger partial charge is 0.341 e. The predicted octanol–water partition coefficient (Wildman–Crippen LogP) is 3.47. The number of oxime groups is 1. The van der Waals surface area contributed by atoms with Gasteiger partial charge in [0.1, 0.15) is 23.8 Å². The summed E-state index contributed by atoms with van der Waals surface area (Å²) in [6.45, 7) is 0.786. The van der Waals surface area contributed by atoms with Gasteiger partial charge in [-0.3, -0.25) is 9.36 Å². The van der Waals surface area contributed by atoms with E-state index in [1.54, 1.807) is 4.90 Å². The van der Waals surface area contributed by atoms with Crippen LogP contribution in [0.4, 0.5) is 19.0 Å². The van der Waals surface area contributed by atoms with E-state index >= 15 is 4.39 Å². The second-order valence-corrected chi connectivity index (χ2v) is 8.96. The largest absolute Gasteiger partial charge is 0.477 e. The number of fused-ring (bicyclic) bond motifs is 1. The maximum atomic E-state index is 15.4. The van der Waals surface area contributed by atoms with Crippen LogP contribution in [-0.4, -0.2) is 46.0 Å². The van der Waals surface area contributed by atoms with Crippen molar-refractivity contribution >= 4 is 28.5 Å². The topological polar surface area (TPSA) is 123 Å². The third-order valence-electron chi connectivity index (χ3n) is 6.42. The molecular formula is C27H22F3N5O4. The second kappa shape index (κ2) is 10.6. The average molecular weight is 537 g/mol. The number of rotatable bonds is 7. The maximum absolute atomic E-state index is 15.4. The third kappa shape index (κ3) is 5.06. The lowest BCUT2D eigenvalue weighted by Crippen LogP contribution is -2.26. The second-order valence-electron chi connectivity index (χ2n) is 8.96. The third-order valence-corrected chi connectivity index (χ3v) is 6.42. The van der Waals surface area contributed by atoms with Gasteiger partial charge in [-0.1, -0.05) is 35.5 Å². The summed E-state index contributed by atoms with van der Waals surface area (Å²) in [6, 6.07) is 12.9.